The average molecular weight is 287 g/mol. The highest BCUT2D eigenvalue weighted by atomic mass is 32.2. The van der Waals surface area contributed by atoms with E-state index in [9.17, 15) is 8.42 Å². The van der Waals surface area contributed by atoms with Gasteiger partial charge in [0.2, 0.25) is 10.0 Å². The van der Waals surface area contributed by atoms with Crippen molar-refractivity contribution >= 4 is 26.5 Å². The first-order valence-corrected chi connectivity index (χ1v) is 7.95. The topological polar surface area (TPSA) is 74.1 Å². The lowest BCUT2D eigenvalue weighted by atomic mass is 10.1. The van der Waals surface area contributed by atoms with E-state index in [0.717, 1.165) is 10.8 Å². The molecule has 1 aliphatic rings. The molecule has 0 spiro atoms. The summed E-state index contributed by atoms with van der Waals surface area (Å²) in [6.07, 6.45) is 2.20. The molecule has 3 rings (SSSR count). The summed E-state index contributed by atoms with van der Waals surface area (Å²) in [5, 5.41) is 10.6. The number of sulfonamides is 1. The highest BCUT2D eigenvalue weighted by Gasteiger charge is 2.34. The second kappa shape index (κ2) is 4.46. The highest BCUT2D eigenvalue weighted by molar-refractivity contribution is 7.93. The van der Waals surface area contributed by atoms with Crippen LogP contribution in [0.4, 0.5) is 5.69 Å². The Labute approximate surface area is 117 Å². The average Bonchev–Trinajstić information content (AvgIpc) is 2.71. The third-order valence-corrected chi connectivity index (χ3v) is 5.52. The zero-order valence-electron chi connectivity index (χ0n) is 10.9. The van der Waals surface area contributed by atoms with Crippen LogP contribution in [0, 0.1) is 11.3 Å². The summed E-state index contributed by atoms with van der Waals surface area (Å²) < 4.78 is 25.7. The van der Waals surface area contributed by atoms with Crippen LogP contribution in [0.2, 0.25) is 0 Å². The number of fused-ring (bicyclic) bond motifs is 1. The molecule has 6 heteroatoms. The minimum absolute atomic E-state index is 0.0327. The molecule has 0 amide bonds. The Hall–Kier alpha value is -2.13. The fourth-order valence-electron chi connectivity index (χ4n) is 2.62. The molecular weight excluding hydrogens is 274 g/mol. The third kappa shape index (κ3) is 1.91. The van der Waals surface area contributed by atoms with Crippen molar-refractivity contribution in [2.24, 2.45) is 0 Å². The molecule has 0 radical (unpaired) electrons. The van der Waals surface area contributed by atoms with Crippen LogP contribution in [-0.2, 0) is 10.0 Å². The number of hydrogen-bond acceptors (Lipinski definition) is 4. The fraction of sp³-hybridized carbons (Fsp3) is 0.286. The summed E-state index contributed by atoms with van der Waals surface area (Å²) in [7, 11) is -3.22. The summed E-state index contributed by atoms with van der Waals surface area (Å²) in [4.78, 5) is 4.00. The molecule has 1 fully saturated rings. The molecule has 0 aliphatic carbocycles. The molecule has 1 saturated heterocycles. The summed E-state index contributed by atoms with van der Waals surface area (Å²) in [6, 6.07) is 9.10. The molecule has 1 aliphatic heterocycles. The van der Waals surface area contributed by atoms with Gasteiger partial charge in [-0.15, -0.1) is 0 Å². The molecule has 5 nitrogen and oxygen atoms in total. The number of anilines is 1. The zero-order valence-corrected chi connectivity index (χ0v) is 11.8. The van der Waals surface area contributed by atoms with Gasteiger partial charge in [0, 0.05) is 17.6 Å². The molecule has 0 unspecified atom stereocenters. The minimum Gasteiger partial charge on any atom is -0.267 e. The summed E-state index contributed by atoms with van der Waals surface area (Å²) in [6.45, 7) is 1.90. The third-order valence-electron chi connectivity index (χ3n) is 3.60. The van der Waals surface area contributed by atoms with Crippen molar-refractivity contribution in [2.45, 2.75) is 19.4 Å². The number of pyridine rings is 1. The van der Waals surface area contributed by atoms with Gasteiger partial charge in [0.25, 0.3) is 0 Å². The molecule has 102 valence electrons. The van der Waals surface area contributed by atoms with Crippen LogP contribution < -0.4 is 4.31 Å². The van der Waals surface area contributed by atoms with E-state index in [2.05, 4.69) is 4.98 Å². The lowest BCUT2D eigenvalue weighted by Gasteiger charge is -2.22. The number of aromatic nitrogens is 1. The van der Waals surface area contributed by atoms with Gasteiger partial charge in [-0.3, -0.25) is 4.31 Å². The van der Waals surface area contributed by atoms with Crippen molar-refractivity contribution in [3.05, 3.63) is 36.2 Å². The summed E-state index contributed by atoms with van der Waals surface area (Å²) in [5.74, 6) is 0.187. The molecule has 20 heavy (non-hydrogen) atoms. The van der Waals surface area contributed by atoms with Crippen LogP contribution in [0.1, 0.15) is 19.0 Å². The van der Waals surface area contributed by atoms with E-state index >= 15 is 0 Å². The second-order valence-electron chi connectivity index (χ2n) is 4.93. The Morgan fingerprint density at radius 2 is 2.20 bits per heavy atom. The van der Waals surface area contributed by atoms with E-state index in [1.807, 2.05) is 13.0 Å². The Kier molecular flexibility index (Phi) is 2.87. The summed E-state index contributed by atoms with van der Waals surface area (Å²) >= 11 is 0. The quantitative estimate of drug-likeness (QED) is 0.804. The van der Waals surface area contributed by atoms with Gasteiger partial charge in [0.1, 0.15) is 11.8 Å². The smallest absolute Gasteiger partial charge is 0.235 e. The maximum absolute atomic E-state index is 12.1. The first-order valence-electron chi connectivity index (χ1n) is 6.34. The van der Waals surface area contributed by atoms with Crippen LogP contribution in [0.25, 0.3) is 10.8 Å². The molecule has 0 saturated carbocycles. The van der Waals surface area contributed by atoms with Crippen molar-refractivity contribution in [2.75, 3.05) is 10.1 Å². The lowest BCUT2D eigenvalue weighted by molar-refractivity contribution is 0.597. The van der Waals surface area contributed by atoms with Gasteiger partial charge >= 0.3 is 0 Å². The number of nitriles is 1. The Bertz CT molecular complexity index is 824. The van der Waals surface area contributed by atoms with E-state index in [0.29, 0.717) is 17.8 Å². The van der Waals surface area contributed by atoms with Crippen molar-refractivity contribution in [1.82, 2.24) is 4.98 Å². The number of nitrogens with zero attached hydrogens (tertiary/aromatic N) is 3. The van der Waals surface area contributed by atoms with Gasteiger partial charge in [-0.1, -0.05) is 0 Å². The molecule has 1 aromatic heterocycles. The molecule has 1 aromatic carbocycles. The predicted octanol–water partition coefficient (Wildman–Crippen LogP) is 2.03. The Morgan fingerprint density at radius 3 is 2.85 bits per heavy atom. The van der Waals surface area contributed by atoms with Gasteiger partial charge in [0.05, 0.1) is 11.4 Å². The fourth-order valence-corrected chi connectivity index (χ4v) is 4.54. The summed E-state index contributed by atoms with van der Waals surface area (Å²) in [5.41, 5.74) is 1.00. The highest BCUT2D eigenvalue weighted by Crippen LogP contribution is 2.31. The van der Waals surface area contributed by atoms with Gasteiger partial charge in [-0.25, -0.2) is 13.4 Å². The van der Waals surface area contributed by atoms with Crippen molar-refractivity contribution in [1.29, 1.82) is 5.26 Å². The Morgan fingerprint density at radius 1 is 1.40 bits per heavy atom. The van der Waals surface area contributed by atoms with E-state index in [-0.39, 0.29) is 11.8 Å². The molecular formula is C14H13N3O2S. The van der Waals surface area contributed by atoms with Gasteiger partial charge in [-0.05, 0) is 43.0 Å². The monoisotopic (exact) mass is 287 g/mol. The number of benzene rings is 1. The Balaban J connectivity index is 2.18. The van der Waals surface area contributed by atoms with E-state index < -0.39 is 10.0 Å². The van der Waals surface area contributed by atoms with Crippen LogP contribution in [0.5, 0.6) is 0 Å². The largest absolute Gasteiger partial charge is 0.267 e. The first kappa shape index (κ1) is 12.9. The molecule has 2 aromatic rings. The molecule has 2 heterocycles. The molecule has 1 atom stereocenters. The van der Waals surface area contributed by atoms with Crippen LogP contribution in [-0.4, -0.2) is 25.2 Å². The normalized spacial score (nSPS) is 21.0. The maximum atomic E-state index is 12.1. The van der Waals surface area contributed by atoms with Crippen molar-refractivity contribution in [3.63, 3.8) is 0 Å². The van der Waals surface area contributed by atoms with Gasteiger partial charge in [0.15, 0.2) is 0 Å². The lowest BCUT2D eigenvalue weighted by Crippen LogP contribution is -2.31. The second-order valence-corrected chi connectivity index (χ2v) is 6.89. The molecule has 0 N–H and O–H groups in total. The van der Waals surface area contributed by atoms with Gasteiger partial charge in [-0.2, -0.15) is 5.26 Å². The maximum Gasteiger partial charge on any atom is 0.235 e. The van der Waals surface area contributed by atoms with E-state index in [1.54, 1.807) is 30.5 Å². The van der Waals surface area contributed by atoms with Crippen molar-refractivity contribution in [3.8, 4) is 6.07 Å². The van der Waals surface area contributed by atoms with Crippen LogP contribution in [0.3, 0.4) is 0 Å². The molecule has 0 bridgehead atoms. The standard InChI is InChI=1S/C14H13N3O2S/c1-10-5-7-20(18,19)17(10)12-2-3-13-11(8-12)4-6-16-14(13)9-15/h2-4,6,8,10H,5,7H2,1H3/t10-/m1/s1. The SMILES string of the molecule is C[C@@H]1CCS(=O)(=O)N1c1ccc2c(C#N)nccc2c1. The first-order chi connectivity index (χ1) is 9.53. The zero-order chi connectivity index (χ0) is 14.3. The van der Waals surface area contributed by atoms with Crippen LogP contribution >= 0.6 is 0 Å². The minimum atomic E-state index is -3.22. The van der Waals surface area contributed by atoms with Gasteiger partial charge < -0.3 is 0 Å². The van der Waals surface area contributed by atoms with E-state index in [4.69, 9.17) is 5.26 Å². The number of hydrogen-bond donors (Lipinski definition) is 0. The number of rotatable bonds is 1. The van der Waals surface area contributed by atoms with E-state index in [1.165, 1.54) is 4.31 Å². The predicted molar refractivity (Wildman–Crippen MR) is 76.8 cm³/mol. The van der Waals surface area contributed by atoms with Crippen molar-refractivity contribution < 1.29 is 8.42 Å². The van der Waals surface area contributed by atoms with Crippen LogP contribution in [0.15, 0.2) is 30.5 Å².